The molecule has 5 rings (SSSR count). The van der Waals surface area contributed by atoms with E-state index in [4.69, 9.17) is 0 Å². The van der Waals surface area contributed by atoms with Crippen molar-refractivity contribution in [2.75, 3.05) is 10.2 Å². The standard InChI is InChI=1S/C27H20N4O2/c32-18-31(21-6-2-1-3-7-21)22-14-12-20(13-15-22)28-27-25-9-5-4-8-24(25)26(29-30-27)19-10-16-23(33)17-11-19/h1-18,33H,(H,28,30). The fraction of sp³-hybridized carbons (Fsp3) is 0. The van der Waals surface area contributed by atoms with Crippen LogP contribution in [0.25, 0.3) is 22.0 Å². The van der Waals surface area contributed by atoms with Crippen LogP contribution in [-0.4, -0.2) is 21.7 Å². The minimum Gasteiger partial charge on any atom is -0.508 e. The van der Waals surface area contributed by atoms with Gasteiger partial charge in [0.2, 0.25) is 6.41 Å². The van der Waals surface area contributed by atoms with Gasteiger partial charge in [-0.15, -0.1) is 10.2 Å². The Kier molecular flexibility index (Phi) is 5.39. The average Bonchev–Trinajstić information content (AvgIpc) is 2.87. The van der Waals surface area contributed by atoms with Crippen LogP contribution in [0.3, 0.4) is 0 Å². The van der Waals surface area contributed by atoms with Crippen molar-refractivity contribution in [3.8, 4) is 17.0 Å². The quantitative estimate of drug-likeness (QED) is 0.320. The zero-order valence-corrected chi connectivity index (χ0v) is 17.6. The summed E-state index contributed by atoms with van der Waals surface area (Å²) in [6, 6.07) is 31.9. The molecule has 4 aromatic carbocycles. The number of nitrogens with one attached hydrogen (secondary N) is 1. The number of rotatable bonds is 6. The van der Waals surface area contributed by atoms with Crippen LogP contribution in [0, 0.1) is 0 Å². The highest BCUT2D eigenvalue weighted by Gasteiger charge is 2.12. The predicted octanol–water partition coefficient (Wildman–Crippen LogP) is 6.04. The molecule has 0 radical (unpaired) electrons. The first-order valence-corrected chi connectivity index (χ1v) is 10.4. The van der Waals surface area contributed by atoms with Gasteiger partial charge in [-0.25, -0.2) is 0 Å². The van der Waals surface area contributed by atoms with Crippen LogP contribution >= 0.6 is 0 Å². The summed E-state index contributed by atoms with van der Waals surface area (Å²) in [5, 5.41) is 23.7. The molecule has 0 unspecified atom stereocenters. The number of phenols is 1. The largest absolute Gasteiger partial charge is 0.508 e. The zero-order valence-electron chi connectivity index (χ0n) is 17.6. The molecule has 0 fully saturated rings. The van der Waals surface area contributed by atoms with Crippen molar-refractivity contribution in [3.63, 3.8) is 0 Å². The smallest absolute Gasteiger partial charge is 0.218 e. The monoisotopic (exact) mass is 432 g/mol. The Morgan fingerprint density at radius 3 is 2.03 bits per heavy atom. The SMILES string of the molecule is O=CN(c1ccccc1)c1ccc(Nc2nnc(-c3ccc(O)cc3)c3ccccc23)cc1. The van der Waals surface area contributed by atoms with Crippen LogP contribution in [0.5, 0.6) is 5.75 Å². The summed E-state index contributed by atoms with van der Waals surface area (Å²) < 4.78 is 0. The number of amides is 1. The Morgan fingerprint density at radius 2 is 1.33 bits per heavy atom. The number of hydrogen-bond donors (Lipinski definition) is 2. The summed E-state index contributed by atoms with van der Waals surface area (Å²) in [6.07, 6.45) is 0.804. The van der Waals surface area contributed by atoms with Gasteiger partial charge in [0.1, 0.15) is 11.4 Å². The van der Waals surface area contributed by atoms with Crippen molar-refractivity contribution >= 4 is 40.1 Å². The van der Waals surface area contributed by atoms with Crippen LogP contribution in [0.2, 0.25) is 0 Å². The van der Waals surface area contributed by atoms with Gasteiger partial charge < -0.3 is 10.4 Å². The van der Waals surface area contributed by atoms with Gasteiger partial charge in [-0.05, 0) is 60.7 Å². The summed E-state index contributed by atoms with van der Waals surface area (Å²) in [4.78, 5) is 13.3. The number of carbonyl (C=O) groups is 1. The molecule has 0 saturated heterocycles. The van der Waals surface area contributed by atoms with E-state index in [1.807, 2.05) is 91.0 Å². The van der Waals surface area contributed by atoms with E-state index in [1.54, 1.807) is 17.0 Å². The van der Waals surface area contributed by atoms with Crippen molar-refractivity contribution in [3.05, 3.63) is 103 Å². The summed E-state index contributed by atoms with van der Waals surface area (Å²) in [5.74, 6) is 0.842. The van der Waals surface area contributed by atoms with E-state index in [2.05, 4.69) is 15.5 Å². The van der Waals surface area contributed by atoms with Crippen LogP contribution < -0.4 is 10.2 Å². The molecule has 0 aliphatic rings. The van der Waals surface area contributed by atoms with Crippen molar-refractivity contribution in [1.29, 1.82) is 0 Å². The lowest BCUT2D eigenvalue weighted by Crippen LogP contribution is -2.13. The van der Waals surface area contributed by atoms with E-state index < -0.39 is 0 Å². The Morgan fingerprint density at radius 1 is 0.697 bits per heavy atom. The van der Waals surface area contributed by atoms with Crippen molar-refractivity contribution in [1.82, 2.24) is 10.2 Å². The molecule has 0 atom stereocenters. The third kappa shape index (κ3) is 4.09. The molecule has 0 bridgehead atoms. The molecule has 0 saturated carbocycles. The third-order valence-corrected chi connectivity index (χ3v) is 5.38. The summed E-state index contributed by atoms with van der Waals surface area (Å²) in [7, 11) is 0. The summed E-state index contributed by atoms with van der Waals surface area (Å²) >= 11 is 0. The second-order valence-electron chi connectivity index (χ2n) is 7.47. The Labute approximate surface area is 190 Å². The first kappa shape index (κ1) is 20.2. The van der Waals surface area contributed by atoms with Gasteiger partial charge >= 0.3 is 0 Å². The maximum Gasteiger partial charge on any atom is 0.218 e. The minimum absolute atomic E-state index is 0.207. The summed E-state index contributed by atoms with van der Waals surface area (Å²) in [5.41, 5.74) is 4.02. The van der Waals surface area contributed by atoms with Gasteiger partial charge in [-0.1, -0.05) is 42.5 Å². The minimum atomic E-state index is 0.207. The number of aromatic hydroxyl groups is 1. The molecule has 160 valence electrons. The highest BCUT2D eigenvalue weighted by Crippen LogP contribution is 2.32. The number of nitrogens with zero attached hydrogens (tertiary/aromatic N) is 3. The maximum absolute atomic E-state index is 11.7. The third-order valence-electron chi connectivity index (χ3n) is 5.38. The lowest BCUT2D eigenvalue weighted by Gasteiger charge is -2.18. The average molecular weight is 432 g/mol. The van der Waals surface area contributed by atoms with E-state index in [9.17, 15) is 9.90 Å². The zero-order chi connectivity index (χ0) is 22.6. The lowest BCUT2D eigenvalue weighted by atomic mass is 10.0. The van der Waals surface area contributed by atoms with E-state index in [0.29, 0.717) is 5.82 Å². The van der Waals surface area contributed by atoms with Crippen molar-refractivity contribution in [2.45, 2.75) is 0 Å². The fourth-order valence-corrected chi connectivity index (χ4v) is 3.73. The van der Waals surface area contributed by atoms with Crippen molar-refractivity contribution in [2.24, 2.45) is 0 Å². The molecule has 0 aliphatic heterocycles. The van der Waals surface area contributed by atoms with Crippen molar-refractivity contribution < 1.29 is 9.90 Å². The number of benzene rings is 4. The Hall–Kier alpha value is -4.71. The normalized spacial score (nSPS) is 10.7. The molecule has 0 aliphatic carbocycles. The number of aromatic nitrogens is 2. The second kappa shape index (κ2) is 8.80. The van der Waals surface area contributed by atoms with Gasteiger partial charge in [0.15, 0.2) is 5.82 Å². The highest BCUT2D eigenvalue weighted by atomic mass is 16.3. The topological polar surface area (TPSA) is 78.4 Å². The van der Waals surface area contributed by atoms with Gasteiger partial charge in [-0.3, -0.25) is 9.69 Å². The lowest BCUT2D eigenvalue weighted by molar-refractivity contribution is -0.106. The molecular formula is C27H20N4O2. The van der Waals surface area contributed by atoms with E-state index in [-0.39, 0.29) is 5.75 Å². The van der Waals surface area contributed by atoms with Crippen LogP contribution in [0.1, 0.15) is 0 Å². The number of hydrogen-bond acceptors (Lipinski definition) is 5. The molecule has 6 heteroatoms. The number of anilines is 4. The van der Waals surface area contributed by atoms with E-state index in [0.717, 1.165) is 45.5 Å². The van der Waals surface area contributed by atoms with Gasteiger partial charge in [0.25, 0.3) is 0 Å². The number of para-hydroxylation sites is 1. The molecule has 2 N–H and O–H groups in total. The van der Waals surface area contributed by atoms with Gasteiger partial charge in [0.05, 0.1) is 0 Å². The molecule has 5 aromatic rings. The Balaban J connectivity index is 1.46. The molecule has 0 spiro atoms. The predicted molar refractivity (Wildman–Crippen MR) is 131 cm³/mol. The first-order valence-electron chi connectivity index (χ1n) is 10.4. The second-order valence-corrected chi connectivity index (χ2v) is 7.47. The molecule has 6 nitrogen and oxygen atoms in total. The van der Waals surface area contributed by atoms with E-state index in [1.165, 1.54) is 0 Å². The van der Waals surface area contributed by atoms with Gasteiger partial charge in [0, 0.05) is 33.4 Å². The molecule has 1 aromatic heterocycles. The molecule has 1 heterocycles. The highest BCUT2D eigenvalue weighted by molar-refractivity contribution is 6.01. The van der Waals surface area contributed by atoms with Crippen LogP contribution in [0.15, 0.2) is 103 Å². The maximum atomic E-state index is 11.7. The summed E-state index contributed by atoms with van der Waals surface area (Å²) in [6.45, 7) is 0. The molecule has 33 heavy (non-hydrogen) atoms. The van der Waals surface area contributed by atoms with Gasteiger partial charge in [-0.2, -0.15) is 0 Å². The number of fused-ring (bicyclic) bond motifs is 1. The van der Waals surface area contributed by atoms with E-state index >= 15 is 0 Å². The molecular weight excluding hydrogens is 412 g/mol. The van der Waals surface area contributed by atoms with Crippen LogP contribution in [0.4, 0.5) is 22.9 Å². The number of phenolic OH excluding ortho intramolecular Hbond substituents is 1. The first-order chi connectivity index (χ1) is 16.2. The fourth-order valence-electron chi connectivity index (χ4n) is 3.73. The molecule has 1 amide bonds. The van der Waals surface area contributed by atoms with Crippen LogP contribution in [-0.2, 0) is 4.79 Å². The Bertz CT molecular complexity index is 1400. The number of carbonyl (C=O) groups excluding carboxylic acids is 1.